The zero-order valence-corrected chi connectivity index (χ0v) is 10.4. The van der Waals surface area contributed by atoms with Gasteiger partial charge >= 0.3 is 0 Å². The van der Waals surface area contributed by atoms with E-state index in [9.17, 15) is 0 Å². The largest absolute Gasteiger partial charge is 0.376 e. The van der Waals surface area contributed by atoms with Gasteiger partial charge < -0.3 is 4.74 Å². The molecule has 2 heterocycles. The smallest absolute Gasteiger partial charge is 0.0861 e. The molecule has 2 atom stereocenters. The molecule has 0 spiro atoms. The molecule has 0 aliphatic carbocycles. The molecule has 16 heavy (non-hydrogen) atoms. The Bertz CT molecular complexity index is 487. The van der Waals surface area contributed by atoms with E-state index in [1.54, 1.807) is 11.3 Å². The molecule has 2 unspecified atom stereocenters. The number of fused-ring (bicyclic) bond motifs is 1. The molecular weight excluding hydrogens is 240 g/mol. The fourth-order valence-corrected chi connectivity index (χ4v) is 3.70. The molecule has 1 nitrogen and oxygen atoms in total. The molecular formula is C13H13ClOS. The fourth-order valence-electron chi connectivity index (χ4n) is 2.25. The van der Waals surface area contributed by atoms with Gasteiger partial charge in [-0.2, -0.15) is 0 Å². The van der Waals surface area contributed by atoms with Crippen molar-refractivity contribution in [3.63, 3.8) is 0 Å². The van der Waals surface area contributed by atoms with E-state index in [2.05, 4.69) is 29.6 Å². The minimum atomic E-state index is -0.00125. The van der Waals surface area contributed by atoms with E-state index in [1.807, 2.05) is 0 Å². The van der Waals surface area contributed by atoms with E-state index in [0.717, 1.165) is 19.4 Å². The van der Waals surface area contributed by atoms with Crippen LogP contribution < -0.4 is 0 Å². The zero-order chi connectivity index (χ0) is 11.0. The number of halogens is 1. The van der Waals surface area contributed by atoms with Crippen molar-refractivity contribution in [2.24, 2.45) is 0 Å². The SMILES string of the molecule is ClC(c1csc2ccccc12)C1CCCO1. The van der Waals surface area contributed by atoms with Gasteiger partial charge in [0, 0.05) is 11.3 Å². The van der Waals surface area contributed by atoms with Gasteiger partial charge in [0.2, 0.25) is 0 Å². The van der Waals surface area contributed by atoms with E-state index < -0.39 is 0 Å². The minimum Gasteiger partial charge on any atom is -0.376 e. The van der Waals surface area contributed by atoms with Gasteiger partial charge in [-0.25, -0.2) is 0 Å². The summed E-state index contributed by atoms with van der Waals surface area (Å²) >= 11 is 8.28. The van der Waals surface area contributed by atoms with Crippen LogP contribution in [0, 0.1) is 0 Å². The van der Waals surface area contributed by atoms with E-state index in [4.69, 9.17) is 16.3 Å². The highest BCUT2D eigenvalue weighted by Crippen LogP contribution is 2.38. The summed E-state index contributed by atoms with van der Waals surface area (Å²) < 4.78 is 6.97. The highest BCUT2D eigenvalue weighted by Gasteiger charge is 2.27. The Kier molecular flexibility index (Phi) is 2.88. The van der Waals surface area contributed by atoms with Crippen molar-refractivity contribution >= 4 is 33.0 Å². The molecule has 1 saturated heterocycles. The van der Waals surface area contributed by atoms with Crippen molar-refractivity contribution in [3.8, 4) is 0 Å². The Morgan fingerprint density at radius 1 is 1.38 bits per heavy atom. The predicted molar refractivity (Wildman–Crippen MR) is 69.4 cm³/mol. The average molecular weight is 253 g/mol. The number of rotatable bonds is 2. The Labute approximate surface area is 104 Å². The Balaban J connectivity index is 1.98. The summed E-state index contributed by atoms with van der Waals surface area (Å²) in [4.78, 5) is 0. The van der Waals surface area contributed by atoms with Gasteiger partial charge in [0.15, 0.2) is 0 Å². The highest BCUT2D eigenvalue weighted by molar-refractivity contribution is 7.17. The van der Waals surface area contributed by atoms with Crippen LogP contribution in [0.3, 0.4) is 0 Å². The van der Waals surface area contributed by atoms with E-state index in [0.29, 0.717) is 0 Å². The van der Waals surface area contributed by atoms with Crippen molar-refractivity contribution < 1.29 is 4.74 Å². The van der Waals surface area contributed by atoms with Crippen molar-refractivity contribution in [2.75, 3.05) is 6.61 Å². The van der Waals surface area contributed by atoms with Crippen LogP contribution >= 0.6 is 22.9 Å². The lowest BCUT2D eigenvalue weighted by atomic mass is 10.0. The molecule has 0 N–H and O–H groups in total. The second-order valence-corrected chi connectivity index (χ2v) is 5.52. The lowest BCUT2D eigenvalue weighted by Crippen LogP contribution is -2.12. The third-order valence-corrected chi connectivity index (χ3v) is 4.60. The third-order valence-electron chi connectivity index (χ3n) is 3.10. The lowest BCUT2D eigenvalue weighted by molar-refractivity contribution is 0.108. The van der Waals surface area contributed by atoms with Crippen LogP contribution in [0.15, 0.2) is 29.6 Å². The molecule has 1 aromatic heterocycles. The quantitative estimate of drug-likeness (QED) is 0.722. The molecule has 84 valence electrons. The molecule has 0 saturated carbocycles. The number of benzene rings is 1. The monoisotopic (exact) mass is 252 g/mol. The first-order chi connectivity index (χ1) is 7.86. The number of thiophene rings is 1. The van der Waals surface area contributed by atoms with Gasteiger partial charge in [-0.1, -0.05) is 18.2 Å². The predicted octanol–water partition coefficient (Wildman–Crippen LogP) is 4.36. The molecule has 1 fully saturated rings. The van der Waals surface area contributed by atoms with Crippen molar-refractivity contribution in [2.45, 2.75) is 24.3 Å². The highest BCUT2D eigenvalue weighted by atomic mass is 35.5. The van der Waals surface area contributed by atoms with Crippen LogP contribution in [0.4, 0.5) is 0 Å². The van der Waals surface area contributed by atoms with Crippen LogP contribution in [0.1, 0.15) is 23.8 Å². The average Bonchev–Trinajstić information content (AvgIpc) is 2.98. The molecule has 0 radical (unpaired) electrons. The Morgan fingerprint density at radius 3 is 3.06 bits per heavy atom. The van der Waals surface area contributed by atoms with E-state index in [1.165, 1.54) is 15.6 Å². The van der Waals surface area contributed by atoms with Crippen molar-refractivity contribution in [1.29, 1.82) is 0 Å². The normalized spacial score (nSPS) is 22.7. The van der Waals surface area contributed by atoms with Gasteiger partial charge in [0.05, 0.1) is 11.5 Å². The summed E-state index contributed by atoms with van der Waals surface area (Å²) in [5.41, 5.74) is 1.23. The summed E-state index contributed by atoms with van der Waals surface area (Å²) in [7, 11) is 0. The second-order valence-electron chi connectivity index (χ2n) is 4.14. The summed E-state index contributed by atoms with van der Waals surface area (Å²) in [6.07, 6.45) is 2.41. The fraction of sp³-hybridized carbons (Fsp3) is 0.385. The number of hydrogen-bond acceptors (Lipinski definition) is 2. The van der Waals surface area contributed by atoms with Crippen molar-refractivity contribution in [1.82, 2.24) is 0 Å². The molecule has 0 amide bonds. The molecule has 0 bridgehead atoms. The minimum absolute atomic E-state index is 0.00125. The molecule has 1 aliphatic heterocycles. The number of alkyl halides is 1. The topological polar surface area (TPSA) is 9.23 Å². The van der Waals surface area contributed by atoms with Crippen molar-refractivity contribution in [3.05, 3.63) is 35.2 Å². The summed E-state index contributed by atoms with van der Waals surface area (Å²) in [6.45, 7) is 0.857. The molecule has 1 aliphatic rings. The maximum Gasteiger partial charge on any atom is 0.0861 e. The van der Waals surface area contributed by atoms with E-state index >= 15 is 0 Å². The second kappa shape index (κ2) is 4.36. The van der Waals surface area contributed by atoms with Gasteiger partial charge in [-0.3, -0.25) is 0 Å². The number of hydrogen-bond donors (Lipinski definition) is 0. The van der Waals surface area contributed by atoms with Crippen LogP contribution in [0.25, 0.3) is 10.1 Å². The lowest BCUT2D eigenvalue weighted by Gasteiger charge is -2.15. The maximum atomic E-state index is 6.51. The van der Waals surface area contributed by atoms with E-state index in [-0.39, 0.29) is 11.5 Å². The molecule has 3 rings (SSSR count). The van der Waals surface area contributed by atoms with Crippen LogP contribution in [-0.4, -0.2) is 12.7 Å². The first-order valence-electron chi connectivity index (χ1n) is 5.58. The van der Waals surface area contributed by atoms with Gasteiger partial charge in [0.1, 0.15) is 0 Å². The van der Waals surface area contributed by atoms with Crippen LogP contribution in [-0.2, 0) is 4.74 Å². The van der Waals surface area contributed by atoms with Crippen LogP contribution in [0.5, 0.6) is 0 Å². The first kappa shape index (κ1) is 10.6. The van der Waals surface area contributed by atoms with Gasteiger partial charge in [-0.05, 0) is 35.2 Å². The van der Waals surface area contributed by atoms with Gasteiger partial charge in [-0.15, -0.1) is 22.9 Å². The maximum absolute atomic E-state index is 6.51. The zero-order valence-electron chi connectivity index (χ0n) is 8.86. The number of ether oxygens (including phenoxy) is 1. The molecule has 3 heteroatoms. The summed E-state index contributed by atoms with van der Waals surface area (Å²) in [6, 6.07) is 8.42. The summed E-state index contributed by atoms with van der Waals surface area (Å²) in [5.74, 6) is 0. The third kappa shape index (κ3) is 1.75. The van der Waals surface area contributed by atoms with Gasteiger partial charge in [0.25, 0.3) is 0 Å². The summed E-state index contributed by atoms with van der Waals surface area (Å²) in [5, 5.41) is 3.45. The Morgan fingerprint density at radius 2 is 2.25 bits per heavy atom. The standard InChI is InChI=1S/C13H13ClOS/c14-13(11-5-3-7-15-11)10-8-16-12-6-2-1-4-9(10)12/h1-2,4,6,8,11,13H,3,5,7H2. The first-order valence-corrected chi connectivity index (χ1v) is 6.89. The molecule has 1 aromatic carbocycles. The van der Waals surface area contributed by atoms with Crippen LogP contribution in [0.2, 0.25) is 0 Å². The Hall–Kier alpha value is -0.570. The molecule has 2 aromatic rings.